The van der Waals surface area contributed by atoms with E-state index in [-0.39, 0.29) is 10.1 Å². The van der Waals surface area contributed by atoms with Gasteiger partial charge in [-0.1, -0.05) is 41.5 Å². The Morgan fingerprint density at radius 2 is 0.885 bits per heavy atom. The highest BCUT2D eigenvalue weighted by atomic mass is 28.4. The molecule has 8 heteroatoms. The lowest BCUT2D eigenvalue weighted by Gasteiger charge is -2.43. The third kappa shape index (κ3) is 6.18. The van der Waals surface area contributed by atoms with Gasteiger partial charge in [-0.05, 0) is 36.3 Å². The van der Waals surface area contributed by atoms with Crippen LogP contribution < -0.4 is 0 Å². The first kappa shape index (κ1) is 25.3. The van der Waals surface area contributed by atoms with E-state index in [1.54, 1.807) is 0 Å². The number of hydrogen-bond donors (Lipinski definition) is 0. The van der Waals surface area contributed by atoms with Crippen LogP contribution in [0.15, 0.2) is 0 Å². The number of hydrogen-bond acceptors (Lipinski definition) is 6. The quantitative estimate of drug-likeness (QED) is 0.468. The molecule has 0 aliphatic carbocycles. The molecule has 0 aromatic rings. The average Bonchev–Trinajstić information content (AvgIpc) is 2.46. The SMILES string of the molecule is COC(=O)[C@H](O[Si](C)(C)C(C)(C)C)[C@@H](O[Si](C)(C)C(C)(C)C)C(=O)OC. The lowest BCUT2D eigenvalue weighted by molar-refractivity contribution is -0.167. The molecule has 26 heavy (non-hydrogen) atoms. The molecule has 0 spiro atoms. The number of rotatable bonds is 7. The highest BCUT2D eigenvalue weighted by Crippen LogP contribution is 2.40. The van der Waals surface area contributed by atoms with Crippen molar-refractivity contribution in [3.05, 3.63) is 0 Å². The zero-order valence-electron chi connectivity index (χ0n) is 18.6. The third-order valence-corrected chi connectivity index (χ3v) is 14.5. The molecule has 0 amide bonds. The van der Waals surface area contributed by atoms with Crippen LogP contribution in [-0.2, 0) is 27.9 Å². The van der Waals surface area contributed by atoms with Crippen molar-refractivity contribution in [3.63, 3.8) is 0 Å². The molecule has 0 rings (SSSR count). The Labute approximate surface area is 161 Å². The Morgan fingerprint density at radius 3 is 1.04 bits per heavy atom. The van der Waals surface area contributed by atoms with E-state index in [0.717, 1.165) is 0 Å². The van der Waals surface area contributed by atoms with Gasteiger partial charge < -0.3 is 18.3 Å². The van der Waals surface area contributed by atoms with Crippen LogP contribution >= 0.6 is 0 Å². The summed E-state index contributed by atoms with van der Waals surface area (Å²) in [6.07, 6.45) is -2.30. The molecule has 0 radical (unpaired) electrons. The molecule has 0 unspecified atom stereocenters. The normalized spacial score (nSPS) is 16.0. The van der Waals surface area contributed by atoms with E-state index in [4.69, 9.17) is 18.3 Å². The minimum Gasteiger partial charge on any atom is -0.467 e. The first-order chi connectivity index (χ1) is 11.4. The predicted octanol–water partition coefficient (Wildman–Crippen LogP) is 4.11. The minimum atomic E-state index is -2.36. The molecule has 0 aliphatic rings. The standard InChI is InChI=1S/C18H38O6Si2/c1-17(2,3)25(9,10)23-13(15(19)21-7)14(16(20)22-8)24-26(11,12)18(4,5)6/h13-14H,1-12H3/t13-,14-/m1/s1. The van der Waals surface area contributed by atoms with E-state index in [1.807, 2.05) is 26.2 Å². The van der Waals surface area contributed by atoms with Gasteiger partial charge in [-0.2, -0.15) is 0 Å². The maximum atomic E-state index is 12.5. The Bertz CT molecular complexity index is 457. The Kier molecular flexibility index (Phi) is 8.31. The van der Waals surface area contributed by atoms with Crippen LogP contribution in [-0.4, -0.2) is 55.0 Å². The van der Waals surface area contributed by atoms with Crippen molar-refractivity contribution in [2.45, 2.75) is 90.0 Å². The second kappa shape index (κ2) is 8.54. The summed E-state index contributed by atoms with van der Waals surface area (Å²) in [6, 6.07) is 0. The van der Waals surface area contributed by atoms with Crippen LogP contribution in [0.1, 0.15) is 41.5 Å². The van der Waals surface area contributed by atoms with E-state index < -0.39 is 40.8 Å². The van der Waals surface area contributed by atoms with Crippen molar-refractivity contribution in [3.8, 4) is 0 Å². The summed E-state index contributed by atoms with van der Waals surface area (Å²) in [7, 11) is -2.16. The summed E-state index contributed by atoms with van der Waals surface area (Å²) >= 11 is 0. The van der Waals surface area contributed by atoms with Crippen molar-refractivity contribution < 1.29 is 27.9 Å². The van der Waals surface area contributed by atoms with E-state index >= 15 is 0 Å². The summed E-state index contributed by atoms with van der Waals surface area (Å²) in [5.41, 5.74) is 0. The number of ether oxygens (including phenoxy) is 2. The monoisotopic (exact) mass is 406 g/mol. The fourth-order valence-electron chi connectivity index (χ4n) is 1.69. The van der Waals surface area contributed by atoms with Gasteiger partial charge in [0.1, 0.15) is 0 Å². The molecular weight excluding hydrogens is 368 g/mol. The van der Waals surface area contributed by atoms with Gasteiger partial charge in [0.15, 0.2) is 28.8 Å². The summed E-state index contributed by atoms with van der Waals surface area (Å²) in [4.78, 5) is 25.0. The van der Waals surface area contributed by atoms with Crippen molar-refractivity contribution in [2.75, 3.05) is 14.2 Å². The summed E-state index contributed by atoms with van der Waals surface area (Å²) < 4.78 is 22.4. The largest absolute Gasteiger partial charge is 0.467 e. The lowest BCUT2D eigenvalue weighted by Crippen LogP contribution is -2.57. The van der Waals surface area contributed by atoms with Gasteiger partial charge in [-0.3, -0.25) is 0 Å². The summed E-state index contributed by atoms with van der Waals surface area (Å²) in [6.45, 7) is 20.5. The molecule has 0 bridgehead atoms. The molecule has 0 fully saturated rings. The van der Waals surface area contributed by atoms with Crippen LogP contribution in [0.25, 0.3) is 0 Å². The Hall–Kier alpha value is -0.706. The van der Waals surface area contributed by atoms with E-state index in [2.05, 4.69) is 41.5 Å². The predicted molar refractivity (Wildman–Crippen MR) is 108 cm³/mol. The van der Waals surface area contributed by atoms with Crippen LogP contribution in [0.4, 0.5) is 0 Å². The molecule has 154 valence electrons. The van der Waals surface area contributed by atoms with Gasteiger partial charge in [-0.25, -0.2) is 9.59 Å². The van der Waals surface area contributed by atoms with Gasteiger partial charge in [-0.15, -0.1) is 0 Å². The fourth-order valence-corrected chi connectivity index (χ4v) is 4.10. The molecule has 0 aliphatic heterocycles. The minimum absolute atomic E-state index is 0.142. The van der Waals surface area contributed by atoms with Crippen molar-refractivity contribution in [2.24, 2.45) is 0 Å². The van der Waals surface area contributed by atoms with Gasteiger partial charge in [0.05, 0.1) is 14.2 Å². The zero-order chi connectivity index (χ0) is 21.1. The van der Waals surface area contributed by atoms with E-state index in [0.29, 0.717) is 0 Å². The molecule has 2 atom stereocenters. The number of carbonyl (C=O) groups excluding carboxylic acids is 2. The van der Waals surface area contributed by atoms with Gasteiger partial charge in [0.25, 0.3) is 0 Å². The van der Waals surface area contributed by atoms with Crippen LogP contribution in [0.3, 0.4) is 0 Å². The second-order valence-corrected chi connectivity index (χ2v) is 19.2. The highest BCUT2D eigenvalue weighted by molar-refractivity contribution is 6.75. The second-order valence-electron chi connectivity index (χ2n) is 9.64. The third-order valence-electron chi connectivity index (χ3n) is 5.60. The Morgan fingerprint density at radius 1 is 0.654 bits per heavy atom. The summed E-state index contributed by atoms with van der Waals surface area (Å²) in [5.74, 6) is -1.24. The van der Waals surface area contributed by atoms with Crippen LogP contribution in [0.5, 0.6) is 0 Å². The molecule has 0 aromatic carbocycles. The first-order valence-electron chi connectivity index (χ1n) is 8.92. The molecule has 6 nitrogen and oxygen atoms in total. The fraction of sp³-hybridized carbons (Fsp3) is 0.889. The average molecular weight is 407 g/mol. The topological polar surface area (TPSA) is 71.1 Å². The lowest BCUT2D eigenvalue weighted by atomic mass is 10.2. The first-order valence-corrected chi connectivity index (χ1v) is 14.7. The van der Waals surface area contributed by atoms with E-state index in [1.165, 1.54) is 14.2 Å². The highest BCUT2D eigenvalue weighted by Gasteiger charge is 2.49. The van der Waals surface area contributed by atoms with Crippen molar-refractivity contribution in [1.29, 1.82) is 0 Å². The van der Waals surface area contributed by atoms with Gasteiger partial charge in [0.2, 0.25) is 0 Å². The molecular formula is C18H38O6Si2. The van der Waals surface area contributed by atoms with Crippen LogP contribution in [0.2, 0.25) is 36.3 Å². The van der Waals surface area contributed by atoms with Gasteiger partial charge in [0, 0.05) is 0 Å². The molecule has 0 N–H and O–H groups in total. The molecule has 0 saturated heterocycles. The smallest absolute Gasteiger partial charge is 0.337 e. The van der Waals surface area contributed by atoms with Crippen molar-refractivity contribution >= 4 is 28.6 Å². The summed E-state index contributed by atoms with van der Waals surface area (Å²) in [5, 5.41) is -0.284. The zero-order valence-corrected chi connectivity index (χ0v) is 20.6. The van der Waals surface area contributed by atoms with Gasteiger partial charge >= 0.3 is 11.9 Å². The maximum absolute atomic E-state index is 12.5. The molecule has 0 heterocycles. The number of carbonyl (C=O) groups is 2. The Balaban J connectivity index is 6.02. The maximum Gasteiger partial charge on any atom is 0.337 e. The van der Waals surface area contributed by atoms with E-state index in [9.17, 15) is 9.59 Å². The molecule has 0 aromatic heterocycles. The molecule has 0 saturated carbocycles. The number of methoxy groups -OCH3 is 2. The van der Waals surface area contributed by atoms with Crippen LogP contribution in [0, 0.1) is 0 Å². The number of esters is 2. The van der Waals surface area contributed by atoms with Crippen molar-refractivity contribution in [1.82, 2.24) is 0 Å².